The molecule has 7 nitrogen and oxygen atoms in total. The number of hydrogen-bond donors (Lipinski definition) is 1. The number of methoxy groups -OCH3 is 1. The summed E-state index contributed by atoms with van der Waals surface area (Å²) in [6.07, 6.45) is 5.52. The van der Waals surface area contributed by atoms with Crippen molar-refractivity contribution in [2.45, 2.75) is 45.9 Å². The van der Waals surface area contributed by atoms with Crippen molar-refractivity contribution in [1.82, 2.24) is 14.7 Å². The monoisotopic (exact) mass is 477 g/mol. The maximum atomic E-state index is 10.6. The summed E-state index contributed by atoms with van der Waals surface area (Å²) in [5.41, 5.74) is 2.71. The van der Waals surface area contributed by atoms with E-state index in [0.717, 1.165) is 23.4 Å². The van der Waals surface area contributed by atoms with E-state index in [-0.39, 0.29) is 19.3 Å². The molecule has 0 aliphatic rings. The Labute approximate surface area is 208 Å². The molecule has 0 fully saturated rings. The van der Waals surface area contributed by atoms with E-state index in [1.807, 2.05) is 66.2 Å². The van der Waals surface area contributed by atoms with E-state index in [2.05, 4.69) is 24.7 Å². The van der Waals surface area contributed by atoms with E-state index in [9.17, 15) is 5.11 Å². The van der Waals surface area contributed by atoms with Gasteiger partial charge in [0.05, 0.1) is 36.8 Å². The highest BCUT2D eigenvalue weighted by atomic mass is 16.5. The lowest BCUT2D eigenvalue weighted by Crippen LogP contribution is -2.40. The van der Waals surface area contributed by atoms with Crippen LogP contribution in [0.5, 0.6) is 17.4 Å². The van der Waals surface area contributed by atoms with Gasteiger partial charge in [0, 0.05) is 25.2 Å². The van der Waals surface area contributed by atoms with Crippen LogP contribution in [-0.4, -0.2) is 58.8 Å². The zero-order valence-corrected chi connectivity index (χ0v) is 21.0. The molecule has 3 rings (SSSR count). The van der Waals surface area contributed by atoms with E-state index < -0.39 is 6.10 Å². The van der Waals surface area contributed by atoms with Crippen LogP contribution in [0, 0.1) is 19.3 Å². The number of aromatic nitrogens is 2. The first-order valence-electron chi connectivity index (χ1n) is 11.9. The molecule has 2 atom stereocenters. The summed E-state index contributed by atoms with van der Waals surface area (Å²) >= 11 is 0. The number of hydrogen-bond acceptors (Lipinski definition) is 6. The number of ether oxygens (including phenoxy) is 3. The van der Waals surface area contributed by atoms with Crippen molar-refractivity contribution in [3.05, 3.63) is 65.9 Å². The molecule has 1 N–H and O–H groups in total. The zero-order chi connectivity index (χ0) is 25.2. The summed E-state index contributed by atoms with van der Waals surface area (Å²) in [7, 11) is 1.63. The van der Waals surface area contributed by atoms with Gasteiger partial charge in [-0.3, -0.25) is 4.90 Å². The topological polar surface area (TPSA) is 69.0 Å². The highest BCUT2D eigenvalue weighted by molar-refractivity contribution is 5.44. The van der Waals surface area contributed by atoms with Gasteiger partial charge in [0.1, 0.15) is 18.1 Å². The van der Waals surface area contributed by atoms with E-state index in [4.69, 9.17) is 25.7 Å². The SMILES string of the molecule is C#CCOC[C@@H](O)CN(Cc1c(C)nn(-c2ccccc2)c1Oc1cccc(OC)c1)[C@@H](C)CC. The van der Waals surface area contributed by atoms with Crippen molar-refractivity contribution >= 4 is 0 Å². The quantitative estimate of drug-likeness (QED) is 0.287. The Kier molecular flexibility index (Phi) is 9.74. The Bertz CT molecular complexity index is 1110. The van der Waals surface area contributed by atoms with Gasteiger partial charge < -0.3 is 19.3 Å². The molecule has 0 spiro atoms. The van der Waals surface area contributed by atoms with Crippen LogP contribution < -0.4 is 9.47 Å². The molecule has 3 aromatic rings. The molecule has 1 heterocycles. The smallest absolute Gasteiger partial charge is 0.227 e. The Morgan fingerprint density at radius 2 is 1.89 bits per heavy atom. The second kappa shape index (κ2) is 13.0. The van der Waals surface area contributed by atoms with Crippen LogP contribution in [0.2, 0.25) is 0 Å². The third kappa shape index (κ3) is 7.09. The van der Waals surface area contributed by atoms with Crippen molar-refractivity contribution in [2.24, 2.45) is 0 Å². The number of para-hydroxylation sites is 1. The van der Waals surface area contributed by atoms with Gasteiger partial charge in [-0.2, -0.15) is 5.10 Å². The van der Waals surface area contributed by atoms with Crippen molar-refractivity contribution < 1.29 is 19.3 Å². The average Bonchev–Trinajstić information content (AvgIpc) is 3.18. The van der Waals surface area contributed by atoms with E-state index >= 15 is 0 Å². The van der Waals surface area contributed by atoms with Gasteiger partial charge in [-0.25, -0.2) is 4.68 Å². The molecule has 186 valence electrons. The van der Waals surface area contributed by atoms with Gasteiger partial charge in [0.25, 0.3) is 0 Å². The first-order valence-corrected chi connectivity index (χ1v) is 11.9. The molecular weight excluding hydrogens is 442 g/mol. The number of aliphatic hydroxyl groups is 1. The molecule has 0 aliphatic heterocycles. The number of benzene rings is 2. The van der Waals surface area contributed by atoms with Gasteiger partial charge in [0.15, 0.2) is 0 Å². The van der Waals surface area contributed by atoms with Crippen LogP contribution in [0.15, 0.2) is 54.6 Å². The van der Waals surface area contributed by atoms with Gasteiger partial charge in [-0.1, -0.05) is 37.1 Å². The minimum Gasteiger partial charge on any atom is -0.497 e. The standard InChI is InChI=1S/C28H35N3O4/c1-6-16-34-20-24(32)18-30(21(3)7-2)19-27-22(4)29-31(23-12-9-8-10-13-23)28(27)35-26-15-11-14-25(17-26)33-5/h1,8-15,17,21,24,32H,7,16,18-20H2,2-5H3/t21-,24-/m0/s1. The molecule has 0 unspecified atom stereocenters. The molecule has 0 aliphatic carbocycles. The Morgan fingerprint density at radius 1 is 1.14 bits per heavy atom. The van der Waals surface area contributed by atoms with Crippen molar-refractivity contribution in [2.75, 3.05) is 26.9 Å². The van der Waals surface area contributed by atoms with E-state index in [1.54, 1.807) is 7.11 Å². The van der Waals surface area contributed by atoms with Crippen molar-refractivity contribution in [3.63, 3.8) is 0 Å². The predicted molar refractivity (Wildman–Crippen MR) is 137 cm³/mol. The Balaban J connectivity index is 1.97. The molecule has 0 amide bonds. The van der Waals surface area contributed by atoms with Crippen LogP contribution in [-0.2, 0) is 11.3 Å². The lowest BCUT2D eigenvalue weighted by atomic mass is 10.1. The number of terminal acetylenes is 1. The molecule has 35 heavy (non-hydrogen) atoms. The highest BCUT2D eigenvalue weighted by Crippen LogP contribution is 2.33. The van der Waals surface area contributed by atoms with Gasteiger partial charge in [-0.05, 0) is 44.5 Å². The third-order valence-electron chi connectivity index (χ3n) is 5.91. The first-order chi connectivity index (χ1) is 17.0. The van der Waals surface area contributed by atoms with Crippen LogP contribution >= 0.6 is 0 Å². The fourth-order valence-corrected chi connectivity index (χ4v) is 3.78. The molecule has 0 bridgehead atoms. The van der Waals surface area contributed by atoms with Crippen LogP contribution in [0.4, 0.5) is 0 Å². The molecule has 0 saturated carbocycles. The fourth-order valence-electron chi connectivity index (χ4n) is 3.78. The van der Waals surface area contributed by atoms with Crippen LogP contribution in [0.25, 0.3) is 5.69 Å². The Hall–Kier alpha value is -3.31. The van der Waals surface area contributed by atoms with Crippen molar-refractivity contribution in [3.8, 4) is 35.4 Å². The molecule has 1 aromatic heterocycles. The molecule has 7 heteroatoms. The lowest BCUT2D eigenvalue weighted by Gasteiger charge is -2.30. The maximum absolute atomic E-state index is 10.6. The van der Waals surface area contributed by atoms with Crippen LogP contribution in [0.1, 0.15) is 31.5 Å². The van der Waals surface area contributed by atoms with E-state index in [0.29, 0.717) is 30.5 Å². The predicted octanol–water partition coefficient (Wildman–Crippen LogP) is 4.59. The number of aryl methyl sites for hydroxylation is 1. The minimum atomic E-state index is -0.662. The zero-order valence-electron chi connectivity index (χ0n) is 21.0. The second-order valence-electron chi connectivity index (χ2n) is 8.46. The third-order valence-corrected chi connectivity index (χ3v) is 5.91. The minimum absolute atomic E-state index is 0.182. The Morgan fingerprint density at radius 3 is 2.57 bits per heavy atom. The molecule has 2 aromatic carbocycles. The number of aliphatic hydroxyl groups excluding tert-OH is 1. The first kappa shape index (κ1) is 26.3. The summed E-state index contributed by atoms with van der Waals surface area (Å²) in [5, 5.41) is 15.4. The summed E-state index contributed by atoms with van der Waals surface area (Å²) in [4.78, 5) is 2.22. The highest BCUT2D eigenvalue weighted by Gasteiger charge is 2.24. The molecular formula is C28H35N3O4. The maximum Gasteiger partial charge on any atom is 0.227 e. The molecule has 0 radical (unpaired) electrons. The number of nitrogens with zero attached hydrogens (tertiary/aromatic N) is 3. The summed E-state index contributed by atoms with van der Waals surface area (Å²) in [6.45, 7) is 7.62. The van der Waals surface area contributed by atoms with E-state index in [1.165, 1.54) is 0 Å². The second-order valence-corrected chi connectivity index (χ2v) is 8.46. The normalized spacial score (nSPS) is 12.8. The molecule has 0 saturated heterocycles. The summed E-state index contributed by atoms with van der Waals surface area (Å²) in [6, 6.07) is 17.6. The van der Waals surface area contributed by atoms with Gasteiger partial charge >= 0.3 is 0 Å². The number of rotatable bonds is 13. The van der Waals surface area contributed by atoms with Crippen molar-refractivity contribution in [1.29, 1.82) is 0 Å². The summed E-state index contributed by atoms with van der Waals surface area (Å²) < 4.78 is 19.0. The average molecular weight is 478 g/mol. The lowest BCUT2D eigenvalue weighted by molar-refractivity contribution is 0.0168. The summed E-state index contributed by atoms with van der Waals surface area (Å²) in [5.74, 6) is 4.43. The van der Waals surface area contributed by atoms with Gasteiger partial charge in [0.2, 0.25) is 5.88 Å². The largest absolute Gasteiger partial charge is 0.497 e. The van der Waals surface area contributed by atoms with Crippen LogP contribution in [0.3, 0.4) is 0 Å². The van der Waals surface area contributed by atoms with Gasteiger partial charge in [-0.15, -0.1) is 6.42 Å². The fraction of sp³-hybridized carbons (Fsp3) is 0.393.